The second-order valence-electron chi connectivity index (χ2n) is 8.04. The summed E-state index contributed by atoms with van der Waals surface area (Å²) >= 11 is 1.19. The molecule has 1 atom stereocenters. The minimum atomic E-state index is -0.963. The van der Waals surface area contributed by atoms with Gasteiger partial charge in [0, 0.05) is 17.3 Å². The lowest BCUT2D eigenvalue weighted by atomic mass is 9.98. The zero-order valence-corrected chi connectivity index (χ0v) is 19.4. The number of nitrogens with zero attached hydrogens (tertiary/aromatic N) is 1. The Morgan fingerprint density at radius 3 is 2.35 bits per heavy atom. The van der Waals surface area contributed by atoms with Crippen LogP contribution in [0.4, 0.5) is 9.93 Å². The van der Waals surface area contributed by atoms with Crippen molar-refractivity contribution in [2.45, 2.75) is 38.1 Å². The highest BCUT2D eigenvalue weighted by Crippen LogP contribution is 2.44. The highest BCUT2D eigenvalue weighted by atomic mass is 32.1. The molecule has 0 bridgehead atoms. The minimum absolute atomic E-state index is 0.00100. The molecule has 1 heterocycles. The smallest absolute Gasteiger partial charge is 0.413 e. The molecule has 0 saturated carbocycles. The largest absolute Gasteiger partial charge is 0.481 e. The molecule has 0 saturated heterocycles. The van der Waals surface area contributed by atoms with Crippen LogP contribution < -0.4 is 10.6 Å². The number of benzene rings is 2. The molecule has 3 aromatic rings. The normalized spacial score (nSPS) is 13.0. The van der Waals surface area contributed by atoms with Gasteiger partial charge in [-0.25, -0.2) is 9.78 Å². The van der Waals surface area contributed by atoms with Crippen molar-refractivity contribution in [1.82, 2.24) is 10.3 Å². The van der Waals surface area contributed by atoms with Crippen LogP contribution in [0.15, 0.2) is 53.9 Å². The number of hydrogen-bond acceptors (Lipinski definition) is 6. The number of thiazole rings is 1. The van der Waals surface area contributed by atoms with Gasteiger partial charge in [-0.05, 0) is 28.7 Å². The Balaban J connectivity index is 1.31. The lowest BCUT2D eigenvalue weighted by Gasteiger charge is -2.14. The summed E-state index contributed by atoms with van der Waals surface area (Å²) < 4.78 is 5.52. The SMILES string of the molecule is CC[C@@H](CC(=O)O)NC(=O)Cc1csc(NC(=O)OCC2c3ccccc3-c3ccccc32)n1. The molecule has 3 N–H and O–H groups in total. The van der Waals surface area contributed by atoms with E-state index < -0.39 is 18.1 Å². The Kier molecular flexibility index (Phi) is 7.22. The van der Waals surface area contributed by atoms with Gasteiger partial charge in [-0.1, -0.05) is 55.5 Å². The molecule has 1 aromatic heterocycles. The monoisotopic (exact) mass is 479 g/mol. The molecular weight excluding hydrogens is 454 g/mol. The van der Waals surface area contributed by atoms with Crippen LogP contribution in [0.1, 0.15) is 42.5 Å². The molecule has 0 fully saturated rings. The minimum Gasteiger partial charge on any atom is -0.481 e. The maximum absolute atomic E-state index is 12.4. The van der Waals surface area contributed by atoms with E-state index in [1.54, 1.807) is 5.38 Å². The molecule has 0 spiro atoms. The summed E-state index contributed by atoms with van der Waals surface area (Å²) in [4.78, 5) is 39.7. The van der Waals surface area contributed by atoms with Gasteiger partial charge in [0.1, 0.15) is 6.61 Å². The van der Waals surface area contributed by atoms with Crippen molar-refractivity contribution >= 4 is 34.4 Å². The fourth-order valence-corrected chi connectivity index (χ4v) is 4.81. The second kappa shape index (κ2) is 10.5. The highest BCUT2D eigenvalue weighted by Gasteiger charge is 2.29. The summed E-state index contributed by atoms with van der Waals surface area (Å²) in [6.45, 7) is 2.01. The number of carboxylic acid groups (broad SMARTS) is 1. The fourth-order valence-electron chi connectivity index (χ4n) is 4.12. The standard InChI is InChI=1S/C25H25N3O5S/c1-2-15(12-23(30)31)26-22(29)11-16-14-34-24(27-16)28-25(32)33-13-21-19-9-5-3-7-17(19)18-8-4-6-10-20(18)21/h3-10,14-15,21H,2,11-13H2,1H3,(H,26,29)(H,30,31)(H,27,28,32)/t15-/m0/s1. The molecule has 9 heteroatoms. The average Bonchev–Trinajstić information content (AvgIpc) is 3.38. The molecular formula is C25H25N3O5S. The Morgan fingerprint density at radius 1 is 1.09 bits per heavy atom. The van der Waals surface area contributed by atoms with E-state index in [2.05, 4.69) is 39.9 Å². The summed E-state index contributed by atoms with van der Waals surface area (Å²) in [5.74, 6) is -1.31. The summed E-state index contributed by atoms with van der Waals surface area (Å²) in [6, 6.07) is 15.8. The number of aliphatic carboxylic acids is 1. The second-order valence-corrected chi connectivity index (χ2v) is 8.90. The van der Waals surface area contributed by atoms with Gasteiger partial charge < -0.3 is 15.2 Å². The van der Waals surface area contributed by atoms with Gasteiger partial charge in [-0.15, -0.1) is 11.3 Å². The van der Waals surface area contributed by atoms with Crippen LogP contribution in [0.5, 0.6) is 0 Å². The number of rotatable bonds is 9. The van der Waals surface area contributed by atoms with Crippen LogP contribution in [-0.2, 0) is 20.7 Å². The van der Waals surface area contributed by atoms with E-state index in [0.29, 0.717) is 17.2 Å². The molecule has 0 aliphatic heterocycles. The Labute approximate surface area is 201 Å². The van der Waals surface area contributed by atoms with E-state index in [9.17, 15) is 14.4 Å². The van der Waals surface area contributed by atoms with Crippen molar-refractivity contribution in [3.63, 3.8) is 0 Å². The number of nitrogens with one attached hydrogen (secondary N) is 2. The first-order chi connectivity index (χ1) is 16.4. The number of carboxylic acids is 1. The fraction of sp³-hybridized carbons (Fsp3) is 0.280. The van der Waals surface area contributed by atoms with E-state index >= 15 is 0 Å². The lowest BCUT2D eigenvalue weighted by molar-refractivity contribution is -0.137. The van der Waals surface area contributed by atoms with Crippen molar-refractivity contribution < 1.29 is 24.2 Å². The molecule has 34 heavy (non-hydrogen) atoms. The van der Waals surface area contributed by atoms with Crippen LogP contribution in [0, 0.1) is 0 Å². The van der Waals surface area contributed by atoms with Crippen LogP contribution in [0.3, 0.4) is 0 Å². The van der Waals surface area contributed by atoms with Crippen LogP contribution in [0.2, 0.25) is 0 Å². The third kappa shape index (κ3) is 5.43. The van der Waals surface area contributed by atoms with Crippen molar-refractivity contribution in [2.24, 2.45) is 0 Å². The average molecular weight is 480 g/mol. The van der Waals surface area contributed by atoms with Crippen LogP contribution >= 0.6 is 11.3 Å². The maximum atomic E-state index is 12.4. The van der Waals surface area contributed by atoms with E-state index in [1.807, 2.05) is 31.2 Å². The van der Waals surface area contributed by atoms with Crippen LogP contribution in [0.25, 0.3) is 11.1 Å². The van der Waals surface area contributed by atoms with Gasteiger partial charge in [-0.3, -0.25) is 14.9 Å². The first-order valence-electron chi connectivity index (χ1n) is 11.0. The predicted molar refractivity (Wildman–Crippen MR) is 129 cm³/mol. The molecule has 0 unspecified atom stereocenters. The number of carbonyl (C=O) groups is 3. The number of amides is 2. The van der Waals surface area contributed by atoms with E-state index in [4.69, 9.17) is 9.84 Å². The van der Waals surface area contributed by atoms with Gasteiger partial charge in [0.2, 0.25) is 5.91 Å². The number of ether oxygens (including phenoxy) is 1. The molecule has 2 amide bonds. The number of fused-ring (bicyclic) bond motifs is 3. The van der Waals surface area contributed by atoms with Crippen LogP contribution in [-0.4, -0.2) is 40.7 Å². The summed E-state index contributed by atoms with van der Waals surface area (Å²) in [7, 11) is 0. The topological polar surface area (TPSA) is 118 Å². The van der Waals surface area contributed by atoms with Crippen molar-refractivity contribution in [2.75, 3.05) is 11.9 Å². The Bertz CT molecular complexity index is 1160. The quantitative estimate of drug-likeness (QED) is 0.418. The van der Waals surface area contributed by atoms with Crippen molar-refractivity contribution in [3.8, 4) is 11.1 Å². The van der Waals surface area contributed by atoms with E-state index in [1.165, 1.54) is 11.3 Å². The van der Waals surface area contributed by atoms with Gasteiger partial charge in [0.15, 0.2) is 5.13 Å². The molecule has 2 aromatic carbocycles. The lowest BCUT2D eigenvalue weighted by Crippen LogP contribution is -2.37. The van der Waals surface area contributed by atoms with Gasteiger partial charge >= 0.3 is 12.1 Å². The number of aromatic nitrogens is 1. The predicted octanol–water partition coefficient (Wildman–Crippen LogP) is 4.42. The summed E-state index contributed by atoms with van der Waals surface area (Å²) in [5.41, 5.74) is 5.06. The van der Waals surface area contributed by atoms with E-state index in [-0.39, 0.29) is 31.3 Å². The summed E-state index contributed by atoms with van der Waals surface area (Å²) in [6.07, 6.45) is -0.226. The first-order valence-corrected chi connectivity index (χ1v) is 11.9. The zero-order valence-electron chi connectivity index (χ0n) is 18.6. The van der Waals surface area contributed by atoms with Crippen molar-refractivity contribution in [1.29, 1.82) is 0 Å². The highest BCUT2D eigenvalue weighted by molar-refractivity contribution is 7.13. The molecule has 1 aliphatic rings. The molecule has 1 aliphatic carbocycles. The molecule has 0 radical (unpaired) electrons. The molecule has 176 valence electrons. The Hall–Kier alpha value is -3.72. The third-order valence-corrected chi connectivity index (χ3v) is 6.53. The number of anilines is 1. The third-order valence-electron chi connectivity index (χ3n) is 5.73. The number of hydrogen-bond donors (Lipinski definition) is 3. The number of carbonyl (C=O) groups excluding carboxylic acids is 2. The molecule has 8 nitrogen and oxygen atoms in total. The van der Waals surface area contributed by atoms with Crippen molar-refractivity contribution in [3.05, 3.63) is 70.7 Å². The van der Waals surface area contributed by atoms with Gasteiger partial charge in [0.05, 0.1) is 18.5 Å². The first kappa shape index (κ1) is 23.4. The Morgan fingerprint density at radius 2 is 1.74 bits per heavy atom. The molecule has 4 rings (SSSR count). The van der Waals surface area contributed by atoms with E-state index in [0.717, 1.165) is 22.3 Å². The summed E-state index contributed by atoms with van der Waals surface area (Å²) in [5, 5.41) is 16.2. The maximum Gasteiger partial charge on any atom is 0.413 e. The van der Waals surface area contributed by atoms with Gasteiger partial charge in [0.25, 0.3) is 0 Å². The zero-order chi connectivity index (χ0) is 24.1. The van der Waals surface area contributed by atoms with Gasteiger partial charge in [-0.2, -0.15) is 0 Å².